The van der Waals surface area contributed by atoms with E-state index in [1.165, 1.54) is 0 Å². The monoisotopic (exact) mass is 304 g/mol. The van der Waals surface area contributed by atoms with Gasteiger partial charge >= 0.3 is 0 Å². The maximum atomic E-state index is 12.0. The van der Waals surface area contributed by atoms with Gasteiger partial charge in [-0.05, 0) is 49.9 Å². The molecule has 0 spiro atoms. The number of benzene rings is 1. The van der Waals surface area contributed by atoms with Crippen molar-refractivity contribution in [2.45, 2.75) is 38.6 Å². The molecule has 0 saturated heterocycles. The molecule has 1 aliphatic carbocycles. The molecule has 5 nitrogen and oxygen atoms in total. The van der Waals surface area contributed by atoms with Gasteiger partial charge in [0, 0.05) is 31.0 Å². The summed E-state index contributed by atoms with van der Waals surface area (Å²) in [7, 11) is 0. The number of nitrogens with two attached hydrogens (primary N) is 1. The summed E-state index contributed by atoms with van der Waals surface area (Å²) in [6, 6.07) is 7.05. The van der Waals surface area contributed by atoms with E-state index in [4.69, 9.17) is 10.5 Å². The van der Waals surface area contributed by atoms with Gasteiger partial charge in [-0.2, -0.15) is 0 Å². The number of Topliss-reactive ketones (excluding diaryl/α,β-unsaturated/α-hetero) is 1. The van der Waals surface area contributed by atoms with Crippen molar-refractivity contribution >= 4 is 11.7 Å². The fraction of sp³-hybridized carbons (Fsp3) is 0.529. The molecule has 0 aromatic heterocycles. The van der Waals surface area contributed by atoms with E-state index < -0.39 is 0 Å². The molecule has 0 radical (unpaired) electrons. The zero-order valence-electron chi connectivity index (χ0n) is 13.0. The Balaban J connectivity index is 1.70. The Kier molecular flexibility index (Phi) is 5.95. The smallest absolute Gasteiger partial charge is 0.220 e. The molecule has 1 aliphatic rings. The highest BCUT2D eigenvalue weighted by Gasteiger charge is 2.28. The van der Waals surface area contributed by atoms with Gasteiger partial charge in [-0.15, -0.1) is 0 Å². The van der Waals surface area contributed by atoms with Crippen molar-refractivity contribution in [2.75, 3.05) is 13.2 Å². The summed E-state index contributed by atoms with van der Waals surface area (Å²) >= 11 is 0. The predicted octanol–water partition coefficient (Wildman–Crippen LogP) is 1.90. The summed E-state index contributed by atoms with van der Waals surface area (Å²) in [4.78, 5) is 23.8. The highest BCUT2D eigenvalue weighted by Crippen LogP contribution is 2.31. The molecular formula is C17H24N2O3. The van der Waals surface area contributed by atoms with Crippen LogP contribution in [0.4, 0.5) is 0 Å². The van der Waals surface area contributed by atoms with E-state index in [2.05, 4.69) is 5.32 Å². The lowest BCUT2D eigenvalue weighted by atomic mass is 10.1. The van der Waals surface area contributed by atoms with Crippen LogP contribution in [0.1, 0.15) is 43.0 Å². The first-order chi connectivity index (χ1) is 10.6. The topological polar surface area (TPSA) is 81.4 Å². The molecule has 1 aromatic carbocycles. The number of rotatable bonds is 9. The third-order valence-corrected chi connectivity index (χ3v) is 3.83. The predicted molar refractivity (Wildman–Crippen MR) is 84.9 cm³/mol. The van der Waals surface area contributed by atoms with Crippen molar-refractivity contribution in [2.24, 2.45) is 11.7 Å². The standard InChI is InChI=1S/C17H24N2O3/c1-2-22-14-7-5-13(6-8-14)16(20)9-10-17(21)19-11-15(18)12-3-4-12/h5-8,12,15H,2-4,9-11,18H2,1H3,(H,19,21). The Hall–Kier alpha value is -1.88. The van der Waals surface area contributed by atoms with E-state index in [0.717, 1.165) is 18.6 Å². The maximum absolute atomic E-state index is 12.0. The van der Waals surface area contributed by atoms with Crippen molar-refractivity contribution < 1.29 is 14.3 Å². The largest absolute Gasteiger partial charge is 0.494 e. The van der Waals surface area contributed by atoms with E-state index >= 15 is 0 Å². The molecule has 1 amide bonds. The summed E-state index contributed by atoms with van der Waals surface area (Å²) in [6.07, 6.45) is 2.72. The molecule has 0 heterocycles. The first-order valence-electron chi connectivity index (χ1n) is 7.88. The Morgan fingerprint density at radius 3 is 2.55 bits per heavy atom. The van der Waals surface area contributed by atoms with Gasteiger partial charge < -0.3 is 15.8 Å². The fourth-order valence-corrected chi connectivity index (χ4v) is 2.29. The number of amides is 1. The molecular weight excluding hydrogens is 280 g/mol. The van der Waals surface area contributed by atoms with Crippen molar-refractivity contribution in [3.63, 3.8) is 0 Å². The van der Waals surface area contributed by atoms with Gasteiger partial charge in [0.1, 0.15) is 5.75 Å². The first-order valence-corrected chi connectivity index (χ1v) is 7.88. The summed E-state index contributed by atoms with van der Waals surface area (Å²) in [5.74, 6) is 1.15. The Bertz CT molecular complexity index is 509. The van der Waals surface area contributed by atoms with Gasteiger partial charge in [0.05, 0.1) is 6.61 Å². The van der Waals surface area contributed by atoms with E-state index in [0.29, 0.717) is 24.6 Å². The quantitative estimate of drug-likeness (QED) is 0.683. The Morgan fingerprint density at radius 2 is 1.95 bits per heavy atom. The second-order valence-corrected chi connectivity index (χ2v) is 5.69. The van der Waals surface area contributed by atoms with Crippen molar-refractivity contribution in [3.8, 4) is 5.75 Å². The first kappa shape index (κ1) is 16.5. The second-order valence-electron chi connectivity index (χ2n) is 5.69. The highest BCUT2D eigenvalue weighted by atomic mass is 16.5. The minimum Gasteiger partial charge on any atom is -0.494 e. The molecule has 2 rings (SSSR count). The third kappa shape index (κ3) is 5.15. The molecule has 1 fully saturated rings. The summed E-state index contributed by atoms with van der Waals surface area (Å²) in [5.41, 5.74) is 6.52. The van der Waals surface area contributed by atoms with Gasteiger partial charge in [0.25, 0.3) is 0 Å². The van der Waals surface area contributed by atoms with Crippen LogP contribution in [0, 0.1) is 5.92 Å². The minimum atomic E-state index is -0.115. The molecule has 1 aromatic rings. The average molecular weight is 304 g/mol. The van der Waals surface area contributed by atoms with Crippen LogP contribution in [0.5, 0.6) is 5.75 Å². The Labute approximate surface area is 131 Å². The van der Waals surface area contributed by atoms with E-state index in [1.54, 1.807) is 24.3 Å². The lowest BCUT2D eigenvalue weighted by Gasteiger charge is -2.11. The molecule has 0 aliphatic heterocycles. The number of ketones is 1. The number of hydrogen-bond donors (Lipinski definition) is 2. The third-order valence-electron chi connectivity index (χ3n) is 3.83. The van der Waals surface area contributed by atoms with Crippen LogP contribution in [0.15, 0.2) is 24.3 Å². The van der Waals surface area contributed by atoms with Crippen LogP contribution in [-0.4, -0.2) is 30.9 Å². The molecule has 5 heteroatoms. The summed E-state index contributed by atoms with van der Waals surface area (Å²) in [5, 5.41) is 2.80. The van der Waals surface area contributed by atoms with Crippen molar-refractivity contribution in [3.05, 3.63) is 29.8 Å². The lowest BCUT2D eigenvalue weighted by Crippen LogP contribution is -2.38. The molecule has 22 heavy (non-hydrogen) atoms. The number of carbonyl (C=O) groups excluding carboxylic acids is 2. The molecule has 0 bridgehead atoms. The van der Waals surface area contributed by atoms with Crippen LogP contribution in [0.25, 0.3) is 0 Å². The van der Waals surface area contributed by atoms with E-state index in [1.807, 2.05) is 6.92 Å². The van der Waals surface area contributed by atoms with Gasteiger partial charge in [-0.3, -0.25) is 9.59 Å². The zero-order chi connectivity index (χ0) is 15.9. The van der Waals surface area contributed by atoms with Crippen LogP contribution < -0.4 is 15.8 Å². The van der Waals surface area contributed by atoms with Gasteiger partial charge in [-0.25, -0.2) is 0 Å². The van der Waals surface area contributed by atoms with Crippen LogP contribution in [0.2, 0.25) is 0 Å². The van der Waals surface area contributed by atoms with E-state index in [-0.39, 0.29) is 30.6 Å². The molecule has 120 valence electrons. The highest BCUT2D eigenvalue weighted by molar-refractivity contribution is 5.98. The van der Waals surface area contributed by atoms with Crippen molar-refractivity contribution in [1.29, 1.82) is 0 Å². The zero-order valence-corrected chi connectivity index (χ0v) is 13.0. The fourth-order valence-electron chi connectivity index (χ4n) is 2.29. The SMILES string of the molecule is CCOc1ccc(C(=O)CCC(=O)NCC(N)C2CC2)cc1. The van der Waals surface area contributed by atoms with Crippen LogP contribution in [-0.2, 0) is 4.79 Å². The summed E-state index contributed by atoms with van der Waals surface area (Å²) < 4.78 is 5.33. The molecule has 1 saturated carbocycles. The number of carbonyl (C=O) groups is 2. The second kappa shape index (κ2) is 7.94. The van der Waals surface area contributed by atoms with Gasteiger partial charge in [0.15, 0.2) is 5.78 Å². The molecule has 1 unspecified atom stereocenters. The lowest BCUT2D eigenvalue weighted by molar-refractivity contribution is -0.121. The normalized spacial score (nSPS) is 15.2. The van der Waals surface area contributed by atoms with Gasteiger partial charge in [-0.1, -0.05) is 0 Å². The number of nitrogens with one attached hydrogen (secondary N) is 1. The molecule has 3 N–H and O–H groups in total. The van der Waals surface area contributed by atoms with E-state index in [9.17, 15) is 9.59 Å². The summed E-state index contributed by atoms with van der Waals surface area (Å²) in [6.45, 7) is 3.00. The Morgan fingerprint density at radius 1 is 1.27 bits per heavy atom. The van der Waals surface area contributed by atoms with Crippen molar-refractivity contribution in [1.82, 2.24) is 5.32 Å². The molecule has 1 atom stereocenters. The van der Waals surface area contributed by atoms with Crippen LogP contribution in [0.3, 0.4) is 0 Å². The maximum Gasteiger partial charge on any atom is 0.220 e. The number of ether oxygens (including phenoxy) is 1. The number of hydrogen-bond acceptors (Lipinski definition) is 4. The van der Waals surface area contributed by atoms with Gasteiger partial charge in [0.2, 0.25) is 5.91 Å². The van der Waals surface area contributed by atoms with Crippen LogP contribution >= 0.6 is 0 Å². The average Bonchev–Trinajstić information content (AvgIpc) is 3.36. The minimum absolute atomic E-state index is 0.0373.